The molecule has 8 nitrogen and oxygen atoms in total. The molecule has 4 rings (SSSR count). The molecule has 2 amide bonds. The van der Waals surface area contributed by atoms with E-state index in [1.807, 2.05) is 26.0 Å². The molecule has 0 spiro atoms. The lowest BCUT2D eigenvalue weighted by Gasteiger charge is -2.45. The summed E-state index contributed by atoms with van der Waals surface area (Å²) < 4.78 is 0. The minimum atomic E-state index is -1.11. The highest BCUT2D eigenvalue weighted by Crippen LogP contribution is 2.39. The van der Waals surface area contributed by atoms with Crippen molar-refractivity contribution in [1.29, 1.82) is 0 Å². The Morgan fingerprint density at radius 3 is 2.21 bits per heavy atom. The number of hydrogen-bond donors (Lipinski definition) is 4. The Morgan fingerprint density at radius 1 is 0.953 bits per heavy atom. The van der Waals surface area contributed by atoms with E-state index in [0.717, 1.165) is 63.4 Å². The first-order valence-corrected chi connectivity index (χ1v) is 17.2. The average Bonchev–Trinajstić information content (AvgIpc) is 3.82. The van der Waals surface area contributed by atoms with Gasteiger partial charge >= 0.3 is 0 Å². The van der Waals surface area contributed by atoms with E-state index in [4.69, 9.17) is 0 Å². The molecule has 3 fully saturated rings. The molecular formula is C35H57N3O5. The van der Waals surface area contributed by atoms with Gasteiger partial charge in [0, 0.05) is 37.8 Å². The van der Waals surface area contributed by atoms with Crippen LogP contribution < -0.4 is 5.32 Å². The minimum Gasteiger partial charge on any atom is -0.390 e. The van der Waals surface area contributed by atoms with Gasteiger partial charge < -0.3 is 25.5 Å². The molecule has 0 unspecified atom stereocenters. The lowest BCUT2D eigenvalue weighted by atomic mass is 9.79. The summed E-state index contributed by atoms with van der Waals surface area (Å²) in [5.41, 5.74) is -0.0702. The Hall–Kier alpha value is -2.03. The first-order valence-electron chi connectivity index (χ1n) is 17.2. The third-order valence-corrected chi connectivity index (χ3v) is 10.1. The number of carbonyl (C=O) groups excluding carboxylic acids is 2. The predicted molar refractivity (Wildman–Crippen MR) is 168 cm³/mol. The minimum absolute atomic E-state index is 0.0795. The average molecular weight is 600 g/mol. The molecule has 4 atom stereocenters. The smallest absolute Gasteiger partial charge is 0.226 e. The zero-order valence-electron chi connectivity index (χ0n) is 26.6. The first kappa shape index (κ1) is 33.9. The largest absolute Gasteiger partial charge is 0.390 e. The van der Waals surface area contributed by atoms with Crippen LogP contribution in [0.3, 0.4) is 0 Å². The fourth-order valence-corrected chi connectivity index (χ4v) is 7.40. The summed E-state index contributed by atoms with van der Waals surface area (Å²) in [4.78, 5) is 33.7. The van der Waals surface area contributed by atoms with Crippen LogP contribution >= 0.6 is 0 Å². The van der Waals surface area contributed by atoms with Crippen LogP contribution in [0.1, 0.15) is 122 Å². The van der Waals surface area contributed by atoms with Crippen molar-refractivity contribution in [1.82, 2.24) is 15.2 Å². The summed E-state index contributed by atoms with van der Waals surface area (Å²) in [5, 5.41) is 37.7. The summed E-state index contributed by atoms with van der Waals surface area (Å²) in [6.07, 6.45) is 14.9. The lowest BCUT2D eigenvalue weighted by Crippen LogP contribution is -2.58. The number of nitrogens with zero attached hydrogens (tertiary/aromatic N) is 2. The monoisotopic (exact) mass is 599 g/mol. The fourth-order valence-electron chi connectivity index (χ4n) is 7.40. The van der Waals surface area contributed by atoms with Gasteiger partial charge in [-0.2, -0.15) is 0 Å². The molecule has 0 radical (unpaired) electrons. The summed E-state index contributed by atoms with van der Waals surface area (Å²) in [6, 6.07) is 3.12. The Kier molecular flexibility index (Phi) is 12.9. The van der Waals surface area contributed by atoms with Crippen molar-refractivity contribution in [3.05, 3.63) is 30.1 Å². The maximum Gasteiger partial charge on any atom is 0.226 e. The van der Waals surface area contributed by atoms with Gasteiger partial charge in [-0.25, -0.2) is 0 Å². The number of aromatic nitrogens is 1. The molecule has 242 valence electrons. The van der Waals surface area contributed by atoms with Gasteiger partial charge in [-0.3, -0.25) is 14.6 Å². The highest BCUT2D eigenvalue weighted by molar-refractivity contribution is 5.86. The van der Waals surface area contributed by atoms with Crippen molar-refractivity contribution in [3.8, 4) is 0 Å². The van der Waals surface area contributed by atoms with Gasteiger partial charge in [-0.1, -0.05) is 78.1 Å². The van der Waals surface area contributed by atoms with E-state index >= 15 is 0 Å². The molecule has 0 aliphatic heterocycles. The van der Waals surface area contributed by atoms with Crippen LogP contribution in [-0.4, -0.2) is 67.4 Å². The standard InChI is InChI=1S/C35H57N3O5/c1-25(2)19-31(39)33(41)30(21-26-9-5-3-6-10-26)38(24-35(43)15-7-4-8-16-35)34(42)29(20-27-11-12-27)22-32(40)37-23-28-13-17-36-18-14-28/h13-14,17-18,25-27,29-31,33,39,41,43H,3-12,15-16,19-24H2,1-2H3,(H,37,40)/t29-,30+,31+,33-/m1/s1. The Labute approximate surface area is 259 Å². The van der Waals surface area contributed by atoms with E-state index in [1.54, 1.807) is 17.3 Å². The Balaban J connectivity index is 1.60. The zero-order valence-corrected chi connectivity index (χ0v) is 26.6. The van der Waals surface area contributed by atoms with Crippen LogP contribution in [0.4, 0.5) is 0 Å². The van der Waals surface area contributed by atoms with Crippen LogP contribution in [0.5, 0.6) is 0 Å². The van der Waals surface area contributed by atoms with Gasteiger partial charge in [0.1, 0.15) is 6.10 Å². The van der Waals surface area contributed by atoms with E-state index in [9.17, 15) is 24.9 Å². The number of hydrogen-bond acceptors (Lipinski definition) is 6. The van der Waals surface area contributed by atoms with Crippen molar-refractivity contribution < 1.29 is 24.9 Å². The van der Waals surface area contributed by atoms with E-state index < -0.39 is 29.8 Å². The zero-order chi connectivity index (χ0) is 30.8. The van der Waals surface area contributed by atoms with Crippen LogP contribution in [0.25, 0.3) is 0 Å². The Bertz CT molecular complexity index is 988. The molecule has 0 bridgehead atoms. The first-order chi connectivity index (χ1) is 20.6. The molecule has 1 heterocycles. The molecule has 1 aromatic heterocycles. The summed E-state index contributed by atoms with van der Waals surface area (Å²) in [5.74, 6) is 0.132. The maximum absolute atomic E-state index is 14.7. The number of pyridine rings is 1. The fraction of sp³-hybridized carbons (Fsp3) is 0.800. The van der Waals surface area contributed by atoms with Gasteiger partial charge in [0.2, 0.25) is 11.8 Å². The molecule has 3 aliphatic carbocycles. The van der Waals surface area contributed by atoms with Crippen molar-refractivity contribution in [2.75, 3.05) is 6.54 Å². The van der Waals surface area contributed by atoms with Crippen LogP contribution in [0.15, 0.2) is 24.5 Å². The molecular weight excluding hydrogens is 542 g/mol. The second kappa shape index (κ2) is 16.3. The van der Waals surface area contributed by atoms with Gasteiger partial charge in [0.25, 0.3) is 0 Å². The highest BCUT2D eigenvalue weighted by atomic mass is 16.3. The van der Waals surface area contributed by atoms with Gasteiger partial charge in [-0.05, 0) is 67.6 Å². The lowest BCUT2D eigenvalue weighted by molar-refractivity contribution is -0.153. The van der Waals surface area contributed by atoms with E-state index in [1.165, 1.54) is 6.42 Å². The molecule has 3 aliphatic rings. The molecule has 4 N–H and O–H groups in total. The van der Waals surface area contributed by atoms with Crippen molar-refractivity contribution in [2.24, 2.45) is 23.7 Å². The van der Waals surface area contributed by atoms with Crippen molar-refractivity contribution in [2.45, 2.75) is 147 Å². The van der Waals surface area contributed by atoms with Crippen LogP contribution in [0, 0.1) is 23.7 Å². The van der Waals surface area contributed by atoms with E-state index in [0.29, 0.717) is 50.5 Å². The summed E-state index contributed by atoms with van der Waals surface area (Å²) in [6.45, 7) is 4.57. The number of amides is 2. The van der Waals surface area contributed by atoms with Gasteiger partial charge in [0.15, 0.2) is 0 Å². The SMILES string of the molecule is CC(C)C[C@H](O)[C@H](O)[C@H](CC1CCCCC1)N(CC1(O)CCCCC1)C(=O)[C@@H](CC(=O)NCc1ccncc1)CC1CC1. The number of carbonyl (C=O) groups is 2. The second-order valence-corrected chi connectivity index (χ2v) is 14.5. The van der Waals surface area contributed by atoms with Crippen molar-refractivity contribution in [3.63, 3.8) is 0 Å². The normalized spacial score (nSPS) is 22.0. The predicted octanol–water partition coefficient (Wildman–Crippen LogP) is 5.13. The summed E-state index contributed by atoms with van der Waals surface area (Å²) >= 11 is 0. The Morgan fingerprint density at radius 2 is 1.58 bits per heavy atom. The number of aliphatic hydroxyl groups is 3. The molecule has 43 heavy (non-hydrogen) atoms. The number of nitrogens with one attached hydrogen (secondary N) is 1. The second-order valence-electron chi connectivity index (χ2n) is 14.5. The third-order valence-electron chi connectivity index (χ3n) is 10.1. The molecule has 1 aromatic rings. The summed E-state index contributed by atoms with van der Waals surface area (Å²) in [7, 11) is 0. The quantitative estimate of drug-likeness (QED) is 0.209. The number of aliphatic hydroxyl groups excluding tert-OH is 2. The van der Waals surface area contributed by atoms with Crippen molar-refractivity contribution >= 4 is 11.8 Å². The van der Waals surface area contributed by atoms with Crippen LogP contribution in [-0.2, 0) is 16.1 Å². The van der Waals surface area contributed by atoms with E-state index in [-0.39, 0.29) is 30.7 Å². The highest BCUT2D eigenvalue weighted by Gasteiger charge is 2.43. The number of rotatable bonds is 16. The molecule has 0 saturated heterocycles. The molecule has 8 heteroatoms. The van der Waals surface area contributed by atoms with Crippen LogP contribution in [0.2, 0.25) is 0 Å². The maximum atomic E-state index is 14.7. The van der Waals surface area contributed by atoms with Gasteiger partial charge in [0.05, 0.1) is 17.7 Å². The van der Waals surface area contributed by atoms with E-state index in [2.05, 4.69) is 10.3 Å². The molecule has 3 saturated carbocycles. The third kappa shape index (κ3) is 10.8. The van der Waals surface area contributed by atoms with Gasteiger partial charge in [-0.15, -0.1) is 0 Å². The topological polar surface area (TPSA) is 123 Å². The molecule has 0 aromatic carbocycles.